The molecule has 1 aliphatic heterocycles. The number of carbonyl (C=O) groups excluding carboxylic acids is 1. The molecule has 1 aromatic carbocycles. The molecule has 1 aromatic rings. The Morgan fingerprint density at radius 2 is 2.21 bits per heavy atom. The quantitative estimate of drug-likeness (QED) is 0.862. The number of ether oxygens (including phenoxy) is 1. The lowest BCUT2D eigenvalue weighted by Gasteiger charge is -2.34. The monoisotopic (exact) mass is 338 g/mol. The second-order valence-corrected chi connectivity index (χ2v) is 7.00. The van der Waals surface area contributed by atoms with Crippen molar-refractivity contribution in [3.05, 3.63) is 29.6 Å². The highest BCUT2D eigenvalue weighted by molar-refractivity contribution is 5.78. The molecule has 134 valence electrons. The average molecular weight is 338 g/mol. The molecular formula is C18H27FN2O3. The zero-order valence-electron chi connectivity index (χ0n) is 14.9. The van der Waals surface area contributed by atoms with Gasteiger partial charge in [-0.15, -0.1) is 0 Å². The molecule has 0 bridgehead atoms. The number of nitrogens with zero attached hydrogens (tertiary/aromatic N) is 2. The van der Waals surface area contributed by atoms with Crippen LogP contribution in [0.15, 0.2) is 18.2 Å². The molecule has 0 aromatic heterocycles. The van der Waals surface area contributed by atoms with Crippen molar-refractivity contribution >= 4 is 5.91 Å². The topological polar surface area (TPSA) is 53.0 Å². The van der Waals surface area contributed by atoms with Crippen LogP contribution in [0.25, 0.3) is 0 Å². The fourth-order valence-electron chi connectivity index (χ4n) is 3.28. The zero-order chi connectivity index (χ0) is 17.9. The Hall–Kier alpha value is -1.66. The fourth-order valence-corrected chi connectivity index (χ4v) is 3.28. The molecule has 0 spiro atoms. The van der Waals surface area contributed by atoms with Gasteiger partial charge in [-0.05, 0) is 50.9 Å². The van der Waals surface area contributed by atoms with Crippen LogP contribution in [0.4, 0.5) is 4.39 Å². The summed E-state index contributed by atoms with van der Waals surface area (Å²) in [4.78, 5) is 16.1. The van der Waals surface area contributed by atoms with Gasteiger partial charge >= 0.3 is 0 Å². The third-order valence-electron chi connectivity index (χ3n) is 4.58. The highest BCUT2D eigenvalue weighted by Gasteiger charge is 2.36. The van der Waals surface area contributed by atoms with E-state index in [0.717, 1.165) is 19.4 Å². The van der Waals surface area contributed by atoms with Crippen LogP contribution >= 0.6 is 0 Å². The number of hydrogen-bond acceptors (Lipinski definition) is 4. The van der Waals surface area contributed by atoms with E-state index in [4.69, 9.17) is 4.74 Å². The average Bonchev–Trinajstić information content (AvgIpc) is 2.95. The van der Waals surface area contributed by atoms with Crippen molar-refractivity contribution in [2.45, 2.75) is 44.9 Å². The minimum Gasteiger partial charge on any atom is -0.494 e. The Kier molecular flexibility index (Phi) is 5.83. The van der Waals surface area contributed by atoms with Gasteiger partial charge in [-0.1, -0.05) is 6.07 Å². The molecule has 1 atom stereocenters. The summed E-state index contributed by atoms with van der Waals surface area (Å²) in [6.07, 6.45) is 1.87. The number of carbonyl (C=O) groups is 1. The molecule has 24 heavy (non-hydrogen) atoms. The van der Waals surface area contributed by atoms with Crippen molar-refractivity contribution in [1.82, 2.24) is 9.80 Å². The predicted molar refractivity (Wildman–Crippen MR) is 90.3 cm³/mol. The van der Waals surface area contributed by atoms with Crippen LogP contribution in [0.2, 0.25) is 0 Å². The maximum absolute atomic E-state index is 13.7. The number of likely N-dealkylation sites (N-methyl/N-ethyl adjacent to an activating group) is 1. The van der Waals surface area contributed by atoms with Gasteiger partial charge in [-0.25, -0.2) is 4.39 Å². The second-order valence-electron chi connectivity index (χ2n) is 7.00. The van der Waals surface area contributed by atoms with Gasteiger partial charge in [0.25, 0.3) is 0 Å². The van der Waals surface area contributed by atoms with Crippen molar-refractivity contribution in [1.29, 1.82) is 0 Å². The molecule has 2 rings (SSSR count). The molecule has 1 N–H and O–H groups in total. The van der Waals surface area contributed by atoms with Gasteiger partial charge in [-0.3, -0.25) is 9.69 Å². The SMILES string of the molecule is COc1ccc(CN(C)C(=O)CN2CCCC2C(C)(C)O)cc1F. The number of halogens is 1. The first-order chi connectivity index (χ1) is 11.2. The zero-order valence-corrected chi connectivity index (χ0v) is 14.9. The Labute approximate surface area is 143 Å². The molecule has 1 fully saturated rings. The lowest BCUT2D eigenvalue weighted by atomic mass is 9.97. The van der Waals surface area contributed by atoms with Gasteiger partial charge < -0.3 is 14.7 Å². The first-order valence-corrected chi connectivity index (χ1v) is 8.25. The van der Waals surface area contributed by atoms with E-state index in [9.17, 15) is 14.3 Å². The number of aliphatic hydroxyl groups is 1. The largest absolute Gasteiger partial charge is 0.494 e. The summed E-state index contributed by atoms with van der Waals surface area (Å²) in [6.45, 7) is 4.98. The number of methoxy groups -OCH3 is 1. The number of benzene rings is 1. The summed E-state index contributed by atoms with van der Waals surface area (Å²) in [5.41, 5.74) is -0.112. The van der Waals surface area contributed by atoms with Crippen molar-refractivity contribution in [2.24, 2.45) is 0 Å². The molecule has 1 unspecified atom stereocenters. The highest BCUT2D eigenvalue weighted by Crippen LogP contribution is 2.26. The lowest BCUT2D eigenvalue weighted by Crippen LogP contribution is -2.49. The van der Waals surface area contributed by atoms with Gasteiger partial charge in [-0.2, -0.15) is 0 Å². The normalized spacial score (nSPS) is 18.7. The Balaban J connectivity index is 1.96. The molecule has 1 heterocycles. The van der Waals surface area contributed by atoms with Crippen LogP contribution in [0.1, 0.15) is 32.3 Å². The van der Waals surface area contributed by atoms with Gasteiger partial charge in [0.1, 0.15) is 0 Å². The Morgan fingerprint density at radius 1 is 1.50 bits per heavy atom. The van der Waals surface area contributed by atoms with E-state index in [1.54, 1.807) is 37.9 Å². The van der Waals surface area contributed by atoms with E-state index >= 15 is 0 Å². The summed E-state index contributed by atoms with van der Waals surface area (Å²) in [5, 5.41) is 10.2. The minimum absolute atomic E-state index is 0.00622. The molecule has 0 saturated carbocycles. The summed E-state index contributed by atoms with van der Waals surface area (Å²) in [6, 6.07) is 4.70. The first-order valence-electron chi connectivity index (χ1n) is 8.25. The van der Waals surface area contributed by atoms with Crippen molar-refractivity contribution in [2.75, 3.05) is 27.2 Å². The van der Waals surface area contributed by atoms with Crippen LogP contribution in [-0.4, -0.2) is 59.7 Å². The summed E-state index contributed by atoms with van der Waals surface area (Å²) in [5.74, 6) is -0.280. The van der Waals surface area contributed by atoms with Crippen LogP contribution in [-0.2, 0) is 11.3 Å². The van der Waals surface area contributed by atoms with Gasteiger partial charge in [0.2, 0.25) is 5.91 Å². The van der Waals surface area contributed by atoms with E-state index < -0.39 is 11.4 Å². The van der Waals surface area contributed by atoms with Crippen molar-refractivity contribution < 1.29 is 19.0 Å². The van der Waals surface area contributed by atoms with E-state index in [1.807, 2.05) is 4.90 Å². The van der Waals surface area contributed by atoms with E-state index in [1.165, 1.54) is 13.2 Å². The smallest absolute Gasteiger partial charge is 0.236 e. The summed E-state index contributed by atoms with van der Waals surface area (Å²) >= 11 is 0. The first kappa shape index (κ1) is 18.7. The predicted octanol–water partition coefficient (Wildman–Crippen LogP) is 2.03. The van der Waals surface area contributed by atoms with Crippen molar-refractivity contribution in [3.63, 3.8) is 0 Å². The number of rotatable bonds is 6. The Bertz CT molecular complexity index is 586. The van der Waals surface area contributed by atoms with Gasteiger partial charge in [0.05, 0.1) is 19.3 Å². The lowest BCUT2D eigenvalue weighted by molar-refractivity contribution is -0.132. The second kappa shape index (κ2) is 7.49. The third kappa shape index (κ3) is 4.45. The minimum atomic E-state index is -0.825. The van der Waals surface area contributed by atoms with E-state index in [-0.39, 0.29) is 24.2 Å². The molecule has 0 radical (unpaired) electrons. The third-order valence-corrected chi connectivity index (χ3v) is 4.58. The van der Waals surface area contributed by atoms with Gasteiger partial charge in [0.15, 0.2) is 11.6 Å². The molecule has 5 nitrogen and oxygen atoms in total. The van der Waals surface area contributed by atoms with E-state index in [0.29, 0.717) is 12.1 Å². The van der Waals surface area contributed by atoms with Gasteiger partial charge in [0, 0.05) is 19.6 Å². The van der Waals surface area contributed by atoms with Crippen molar-refractivity contribution in [3.8, 4) is 5.75 Å². The van der Waals surface area contributed by atoms with Crippen LogP contribution in [0.5, 0.6) is 5.75 Å². The van der Waals surface area contributed by atoms with Crippen LogP contribution in [0.3, 0.4) is 0 Å². The Morgan fingerprint density at radius 3 is 2.79 bits per heavy atom. The highest BCUT2D eigenvalue weighted by atomic mass is 19.1. The number of likely N-dealkylation sites (tertiary alicyclic amines) is 1. The molecular weight excluding hydrogens is 311 g/mol. The van der Waals surface area contributed by atoms with Crippen LogP contribution < -0.4 is 4.74 Å². The van der Waals surface area contributed by atoms with E-state index in [2.05, 4.69) is 0 Å². The number of amides is 1. The molecule has 6 heteroatoms. The maximum atomic E-state index is 13.7. The van der Waals surface area contributed by atoms with Crippen LogP contribution in [0, 0.1) is 5.82 Å². The molecule has 1 aliphatic rings. The molecule has 1 saturated heterocycles. The summed E-state index contributed by atoms with van der Waals surface area (Å²) in [7, 11) is 3.13. The maximum Gasteiger partial charge on any atom is 0.236 e. The molecule has 1 amide bonds. The summed E-state index contributed by atoms with van der Waals surface area (Å²) < 4.78 is 18.6. The number of hydrogen-bond donors (Lipinski definition) is 1. The molecule has 0 aliphatic carbocycles. The fraction of sp³-hybridized carbons (Fsp3) is 0.611. The standard InChI is InChI=1S/C18H27FN2O3/c1-18(2,23)16-6-5-9-21(16)12-17(22)20(3)11-13-7-8-15(24-4)14(19)10-13/h7-8,10,16,23H,5-6,9,11-12H2,1-4H3.